The molecule has 0 N–H and O–H groups in total. The quantitative estimate of drug-likeness (QED) is 0.646. The first-order chi connectivity index (χ1) is 9.69. The van der Waals surface area contributed by atoms with Crippen LogP contribution in [0, 0.1) is 0 Å². The predicted octanol–water partition coefficient (Wildman–Crippen LogP) is 5.06. The topological polar surface area (TPSA) is 17.8 Å². The van der Waals surface area contributed by atoms with Crippen molar-refractivity contribution >= 4 is 38.6 Å². The standard InChI is InChI=1S/C16H14BrClN2/c1-2-16-19-14-5-3-4-6-15(14)20(16)10-11-7-8-12(17)9-13(11)18/h3-9H,2,10H2,1H3. The minimum Gasteiger partial charge on any atom is -0.323 e. The number of imidazole rings is 1. The van der Waals surface area contributed by atoms with Crippen molar-refractivity contribution in [1.82, 2.24) is 9.55 Å². The van der Waals surface area contributed by atoms with E-state index in [9.17, 15) is 0 Å². The number of fused-ring (bicyclic) bond motifs is 1. The number of nitrogens with zero attached hydrogens (tertiary/aromatic N) is 2. The summed E-state index contributed by atoms with van der Waals surface area (Å²) in [6.45, 7) is 2.87. The summed E-state index contributed by atoms with van der Waals surface area (Å²) >= 11 is 9.77. The van der Waals surface area contributed by atoms with E-state index in [1.165, 1.54) is 0 Å². The van der Waals surface area contributed by atoms with Crippen LogP contribution < -0.4 is 0 Å². The van der Waals surface area contributed by atoms with E-state index in [2.05, 4.69) is 44.5 Å². The van der Waals surface area contributed by atoms with E-state index in [0.717, 1.165) is 44.9 Å². The van der Waals surface area contributed by atoms with Crippen LogP contribution in [0.25, 0.3) is 11.0 Å². The number of para-hydroxylation sites is 2. The fourth-order valence-corrected chi connectivity index (χ4v) is 3.13. The van der Waals surface area contributed by atoms with Crippen LogP contribution in [0.3, 0.4) is 0 Å². The summed E-state index contributed by atoms with van der Waals surface area (Å²) in [5, 5.41) is 0.777. The van der Waals surface area contributed by atoms with Crippen molar-refractivity contribution in [2.24, 2.45) is 0 Å². The summed E-state index contributed by atoms with van der Waals surface area (Å²) in [5.74, 6) is 1.09. The third-order valence-electron chi connectivity index (χ3n) is 3.39. The van der Waals surface area contributed by atoms with Crippen LogP contribution in [-0.4, -0.2) is 9.55 Å². The molecule has 1 heterocycles. The van der Waals surface area contributed by atoms with E-state index >= 15 is 0 Å². The Morgan fingerprint density at radius 1 is 1.20 bits per heavy atom. The number of halogens is 2. The fraction of sp³-hybridized carbons (Fsp3) is 0.188. The molecule has 0 saturated heterocycles. The Bertz CT molecular complexity index is 764. The second-order valence-electron chi connectivity index (χ2n) is 4.69. The van der Waals surface area contributed by atoms with Gasteiger partial charge in [-0.25, -0.2) is 4.98 Å². The highest BCUT2D eigenvalue weighted by molar-refractivity contribution is 9.10. The molecule has 0 aliphatic rings. The Morgan fingerprint density at radius 2 is 2.00 bits per heavy atom. The van der Waals surface area contributed by atoms with Crippen LogP contribution in [0.1, 0.15) is 18.3 Å². The number of hydrogen-bond acceptors (Lipinski definition) is 1. The number of benzene rings is 2. The third-order valence-corrected chi connectivity index (χ3v) is 4.24. The molecule has 0 atom stereocenters. The van der Waals surface area contributed by atoms with E-state index in [1.807, 2.05) is 30.3 Å². The van der Waals surface area contributed by atoms with Gasteiger partial charge >= 0.3 is 0 Å². The largest absolute Gasteiger partial charge is 0.323 e. The Labute approximate surface area is 131 Å². The molecule has 102 valence electrons. The molecule has 0 aliphatic carbocycles. The second-order valence-corrected chi connectivity index (χ2v) is 6.02. The first kappa shape index (κ1) is 13.7. The Morgan fingerprint density at radius 3 is 2.75 bits per heavy atom. The minimum atomic E-state index is 0.746. The summed E-state index contributed by atoms with van der Waals surface area (Å²) in [6.07, 6.45) is 0.906. The lowest BCUT2D eigenvalue weighted by molar-refractivity contribution is 0.753. The van der Waals surface area contributed by atoms with Gasteiger partial charge in [0, 0.05) is 15.9 Å². The van der Waals surface area contributed by atoms with Gasteiger partial charge in [0.25, 0.3) is 0 Å². The zero-order valence-electron chi connectivity index (χ0n) is 11.1. The van der Waals surface area contributed by atoms with E-state index in [1.54, 1.807) is 0 Å². The highest BCUT2D eigenvalue weighted by atomic mass is 79.9. The van der Waals surface area contributed by atoms with Gasteiger partial charge in [0.1, 0.15) is 5.82 Å². The first-order valence-electron chi connectivity index (χ1n) is 6.57. The SMILES string of the molecule is CCc1nc2ccccc2n1Cc1ccc(Br)cc1Cl. The van der Waals surface area contributed by atoms with Crippen molar-refractivity contribution in [2.75, 3.05) is 0 Å². The number of aryl methyl sites for hydroxylation is 1. The van der Waals surface area contributed by atoms with Crippen molar-refractivity contribution in [3.63, 3.8) is 0 Å². The fourth-order valence-electron chi connectivity index (χ4n) is 2.39. The molecule has 3 aromatic rings. The second kappa shape index (κ2) is 5.58. The molecule has 0 fully saturated rings. The summed E-state index contributed by atoms with van der Waals surface area (Å²) in [5.41, 5.74) is 3.30. The summed E-state index contributed by atoms with van der Waals surface area (Å²) in [6, 6.07) is 14.2. The molecule has 0 spiro atoms. The lowest BCUT2D eigenvalue weighted by Crippen LogP contribution is -2.04. The van der Waals surface area contributed by atoms with Crippen LogP contribution in [0.15, 0.2) is 46.9 Å². The van der Waals surface area contributed by atoms with Crippen LogP contribution in [0.4, 0.5) is 0 Å². The van der Waals surface area contributed by atoms with Crippen molar-refractivity contribution in [1.29, 1.82) is 0 Å². The molecule has 2 nitrogen and oxygen atoms in total. The molecular weight excluding hydrogens is 336 g/mol. The average molecular weight is 350 g/mol. The van der Waals surface area contributed by atoms with Gasteiger partial charge in [0.05, 0.1) is 17.6 Å². The molecule has 1 aromatic heterocycles. The minimum absolute atomic E-state index is 0.746. The van der Waals surface area contributed by atoms with E-state index < -0.39 is 0 Å². The molecule has 0 amide bonds. The molecule has 0 aliphatic heterocycles. The van der Waals surface area contributed by atoms with Crippen molar-refractivity contribution < 1.29 is 0 Å². The predicted molar refractivity (Wildman–Crippen MR) is 87.4 cm³/mol. The van der Waals surface area contributed by atoms with Gasteiger partial charge in [-0.3, -0.25) is 0 Å². The lowest BCUT2D eigenvalue weighted by atomic mass is 10.2. The van der Waals surface area contributed by atoms with Crippen LogP contribution >= 0.6 is 27.5 Å². The molecule has 20 heavy (non-hydrogen) atoms. The zero-order valence-corrected chi connectivity index (χ0v) is 13.4. The molecule has 0 unspecified atom stereocenters. The number of aromatic nitrogens is 2. The van der Waals surface area contributed by atoms with Gasteiger partial charge in [-0.15, -0.1) is 0 Å². The Hall–Kier alpha value is -1.32. The van der Waals surface area contributed by atoms with E-state index in [0.29, 0.717) is 0 Å². The van der Waals surface area contributed by atoms with Crippen molar-refractivity contribution in [3.05, 3.63) is 63.3 Å². The van der Waals surface area contributed by atoms with Gasteiger partial charge in [0.15, 0.2) is 0 Å². The molecule has 0 bridgehead atoms. The number of hydrogen-bond donors (Lipinski definition) is 0. The molecule has 3 rings (SSSR count). The van der Waals surface area contributed by atoms with Crippen LogP contribution in [0.5, 0.6) is 0 Å². The van der Waals surface area contributed by atoms with E-state index in [-0.39, 0.29) is 0 Å². The summed E-state index contributed by atoms with van der Waals surface area (Å²) in [4.78, 5) is 4.69. The van der Waals surface area contributed by atoms with Gasteiger partial charge in [-0.1, -0.05) is 52.7 Å². The maximum atomic E-state index is 6.33. The van der Waals surface area contributed by atoms with Gasteiger partial charge < -0.3 is 4.57 Å². The van der Waals surface area contributed by atoms with Crippen LogP contribution in [-0.2, 0) is 13.0 Å². The maximum Gasteiger partial charge on any atom is 0.109 e. The summed E-state index contributed by atoms with van der Waals surface area (Å²) < 4.78 is 3.24. The van der Waals surface area contributed by atoms with E-state index in [4.69, 9.17) is 11.6 Å². The Balaban J connectivity index is 2.09. The summed E-state index contributed by atoms with van der Waals surface area (Å²) in [7, 11) is 0. The van der Waals surface area contributed by atoms with Crippen molar-refractivity contribution in [3.8, 4) is 0 Å². The maximum absolute atomic E-state index is 6.33. The first-order valence-corrected chi connectivity index (χ1v) is 7.74. The molecule has 0 saturated carbocycles. The molecular formula is C16H14BrClN2. The van der Waals surface area contributed by atoms with Gasteiger partial charge in [0.2, 0.25) is 0 Å². The zero-order chi connectivity index (χ0) is 14.1. The van der Waals surface area contributed by atoms with Gasteiger partial charge in [-0.2, -0.15) is 0 Å². The average Bonchev–Trinajstić information content (AvgIpc) is 2.80. The van der Waals surface area contributed by atoms with Crippen molar-refractivity contribution in [2.45, 2.75) is 19.9 Å². The van der Waals surface area contributed by atoms with Crippen LogP contribution in [0.2, 0.25) is 5.02 Å². The number of rotatable bonds is 3. The molecule has 2 aromatic carbocycles. The Kier molecular flexibility index (Phi) is 3.81. The highest BCUT2D eigenvalue weighted by Gasteiger charge is 2.10. The third kappa shape index (κ3) is 2.48. The molecule has 0 radical (unpaired) electrons. The smallest absolute Gasteiger partial charge is 0.109 e. The normalized spacial score (nSPS) is 11.2. The lowest BCUT2D eigenvalue weighted by Gasteiger charge is -2.10. The highest BCUT2D eigenvalue weighted by Crippen LogP contribution is 2.24. The monoisotopic (exact) mass is 348 g/mol. The van der Waals surface area contributed by atoms with Gasteiger partial charge in [-0.05, 0) is 29.8 Å². The molecule has 4 heteroatoms.